The Morgan fingerprint density at radius 2 is 1.61 bits per heavy atom. The van der Waals surface area contributed by atoms with Gasteiger partial charge in [-0.05, 0) is 55.7 Å². The minimum atomic E-state index is -3.80. The zero-order valence-corrected chi connectivity index (χ0v) is 22.4. The number of hydrogen-bond donors (Lipinski definition) is 1. The first-order chi connectivity index (χ1) is 17.0. The molecule has 2 aromatic rings. The summed E-state index contributed by atoms with van der Waals surface area (Å²) in [5.41, 5.74) is 1.74. The van der Waals surface area contributed by atoms with Gasteiger partial charge in [-0.2, -0.15) is 4.31 Å². The molecule has 0 aliphatic carbocycles. The third-order valence-electron chi connectivity index (χ3n) is 6.47. The van der Waals surface area contributed by atoms with Crippen LogP contribution in [-0.4, -0.2) is 84.8 Å². The summed E-state index contributed by atoms with van der Waals surface area (Å²) in [6.45, 7) is 4.38. The summed E-state index contributed by atoms with van der Waals surface area (Å²) in [6, 6.07) is 9.33. The lowest BCUT2D eigenvalue weighted by Gasteiger charge is -2.27. The molecule has 4 rings (SSSR count). The number of ether oxygens (including phenoxy) is 1. The second kappa shape index (κ2) is 10.5. The highest BCUT2D eigenvalue weighted by Crippen LogP contribution is 2.30. The molecule has 0 spiro atoms. The maximum atomic E-state index is 13.5. The second-order valence-corrected chi connectivity index (χ2v) is 13.2. The van der Waals surface area contributed by atoms with E-state index in [4.69, 9.17) is 4.74 Å². The van der Waals surface area contributed by atoms with E-state index in [-0.39, 0.29) is 28.4 Å². The topological polar surface area (TPSA) is 116 Å². The maximum Gasteiger partial charge on any atom is 0.257 e. The van der Waals surface area contributed by atoms with Crippen molar-refractivity contribution < 1.29 is 26.4 Å². The van der Waals surface area contributed by atoms with Gasteiger partial charge in [0.05, 0.1) is 28.6 Å². The molecule has 1 N–H and O–H groups in total. The molecule has 2 saturated heterocycles. The van der Waals surface area contributed by atoms with Crippen LogP contribution in [0.15, 0.2) is 46.2 Å². The van der Waals surface area contributed by atoms with Gasteiger partial charge in [-0.25, -0.2) is 21.1 Å². The van der Waals surface area contributed by atoms with Gasteiger partial charge < -0.3 is 15.0 Å². The van der Waals surface area contributed by atoms with E-state index in [1.54, 1.807) is 31.2 Å². The van der Waals surface area contributed by atoms with E-state index in [0.717, 1.165) is 30.2 Å². The van der Waals surface area contributed by atoms with Crippen LogP contribution >= 0.6 is 0 Å². The Morgan fingerprint density at radius 3 is 2.25 bits per heavy atom. The van der Waals surface area contributed by atoms with E-state index in [9.17, 15) is 21.6 Å². The van der Waals surface area contributed by atoms with Crippen LogP contribution in [-0.2, 0) is 24.8 Å². The highest BCUT2D eigenvalue weighted by Gasteiger charge is 2.29. The normalized spacial score (nSPS) is 17.5. The Hall–Kier alpha value is -2.51. The monoisotopic (exact) mass is 536 g/mol. The molecule has 0 saturated carbocycles. The summed E-state index contributed by atoms with van der Waals surface area (Å²) < 4.78 is 59.7. The first kappa shape index (κ1) is 26.6. The third-order valence-corrected chi connectivity index (χ3v) is 10.3. The number of carbonyl (C=O) groups excluding carboxylic acids is 1. The number of nitrogens with zero attached hydrogens (tertiary/aromatic N) is 3. The predicted octanol–water partition coefficient (Wildman–Crippen LogP) is 2.12. The lowest BCUT2D eigenvalue weighted by Crippen LogP contribution is -2.40. The molecule has 2 aliphatic rings. The largest absolute Gasteiger partial charge is 0.379 e. The lowest BCUT2D eigenvalue weighted by molar-refractivity contribution is 0.0730. The first-order valence-corrected chi connectivity index (χ1v) is 14.7. The van der Waals surface area contributed by atoms with Gasteiger partial charge in [0.1, 0.15) is 0 Å². The Labute approximate surface area is 212 Å². The highest BCUT2D eigenvalue weighted by molar-refractivity contribution is 7.89. The number of carbonyl (C=O) groups is 1. The SMILES string of the molecule is Cc1ccc(NC(=O)c2cc(S(=O)(=O)N3CCOCC3)ccc2N2CCCC2)cc1S(=O)(=O)N(C)C. The van der Waals surface area contributed by atoms with Crippen LogP contribution in [0.5, 0.6) is 0 Å². The molecule has 0 bridgehead atoms. The molecule has 1 amide bonds. The van der Waals surface area contributed by atoms with Crippen molar-refractivity contribution in [3.8, 4) is 0 Å². The molecule has 36 heavy (non-hydrogen) atoms. The first-order valence-electron chi connectivity index (χ1n) is 11.8. The highest BCUT2D eigenvalue weighted by atomic mass is 32.2. The van der Waals surface area contributed by atoms with Crippen LogP contribution in [0, 0.1) is 6.92 Å². The van der Waals surface area contributed by atoms with Crippen molar-refractivity contribution in [3.63, 3.8) is 0 Å². The average molecular weight is 537 g/mol. The minimum Gasteiger partial charge on any atom is -0.379 e. The number of benzene rings is 2. The van der Waals surface area contributed by atoms with Crippen LogP contribution in [0.25, 0.3) is 0 Å². The standard InChI is InChI=1S/C24H32N4O6S2/c1-18-6-7-19(16-23(18)36(32,33)26(2)3)25-24(29)21-17-20(8-9-22(21)27-10-4-5-11-27)35(30,31)28-12-14-34-15-13-28/h6-9,16-17H,4-5,10-15H2,1-3H3,(H,25,29). The summed E-state index contributed by atoms with van der Waals surface area (Å²) in [5, 5.41) is 2.78. The van der Waals surface area contributed by atoms with E-state index in [1.807, 2.05) is 0 Å². The van der Waals surface area contributed by atoms with Crippen molar-refractivity contribution in [1.29, 1.82) is 0 Å². The number of rotatable bonds is 7. The van der Waals surface area contributed by atoms with Crippen molar-refractivity contribution in [2.75, 3.05) is 63.7 Å². The van der Waals surface area contributed by atoms with Gasteiger partial charge in [0.25, 0.3) is 5.91 Å². The lowest BCUT2D eigenvalue weighted by atomic mass is 10.1. The summed E-state index contributed by atoms with van der Waals surface area (Å²) in [5.74, 6) is -0.506. The molecule has 2 fully saturated rings. The van der Waals surface area contributed by atoms with Crippen LogP contribution in [0.2, 0.25) is 0 Å². The van der Waals surface area contributed by atoms with Crippen LogP contribution in [0.4, 0.5) is 11.4 Å². The van der Waals surface area contributed by atoms with E-state index in [2.05, 4.69) is 10.2 Å². The minimum absolute atomic E-state index is 0.0391. The average Bonchev–Trinajstić information content (AvgIpc) is 3.40. The number of morpholine rings is 1. The van der Waals surface area contributed by atoms with Crippen LogP contribution in [0.3, 0.4) is 0 Å². The van der Waals surface area contributed by atoms with E-state index in [1.165, 1.54) is 30.5 Å². The van der Waals surface area contributed by atoms with Gasteiger partial charge >= 0.3 is 0 Å². The predicted molar refractivity (Wildman–Crippen MR) is 137 cm³/mol. The van der Waals surface area contributed by atoms with Gasteiger partial charge in [-0.1, -0.05) is 6.07 Å². The number of anilines is 2. The molecule has 10 nitrogen and oxygen atoms in total. The van der Waals surface area contributed by atoms with E-state index < -0.39 is 26.0 Å². The van der Waals surface area contributed by atoms with Crippen molar-refractivity contribution in [2.24, 2.45) is 0 Å². The van der Waals surface area contributed by atoms with Gasteiger partial charge in [0.15, 0.2) is 0 Å². The molecular formula is C24H32N4O6S2. The van der Waals surface area contributed by atoms with Crippen LogP contribution in [0.1, 0.15) is 28.8 Å². The molecule has 2 aromatic carbocycles. The number of amides is 1. The van der Waals surface area contributed by atoms with Crippen molar-refractivity contribution in [1.82, 2.24) is 8.61 Å². The number of aryl methyl sites for hydroxylation is 1. The molecule has 0 unspecified atom stereocenters. The Kier molecular flexibility index (Phi) is 7.72. The zero-order chi connectivity index (χ0) is 26.1. The van der Waals surface area contributed by atoms with Gasteiger partial charge in [-0.15, -0.1) is 0 Å². The Balaban J connectivity index is 1.71. The fraction of sp³-hybridized carbons (Fsp3) is 0.458. The van der Waals surface area contributed by atoms with Gasteiger partial charge in [-0.3, -0.25) is 4.79 Å². The molecule has 2 aliphatic heterocycles. The van der Waals surface area contributed by atoms with Crippen molar-refractivity contribution >= 4 is 37.3 Å². The molecule has 0 radical (unpaired) electrons. The second-order valence-electron chi connectivity index (χ2n) is 9.11. The summed E-state index contributed by atoms with van der Waals surface area (Å²) >= 11 is 0. The van der Waals surface area contributed by atoms with E-state index in [0.29, 0.717) is 30.2 Å². The third kappa shape index (κ3) is 5.28. The molecule has 12 heteroatoms. The number of nitrogens with one attached hydrogen (secondary N) is 1. The summed E-state index contributed by atoms with van der Waals surface area (Å²) in [4.78, 5) is 15.7. The fourth-order valence-electron chi connectivity index (χ4n) is 4.38. The zero-order valence-electron chi connectivity index (χ0n) is 20.7. The molecular weight excluding hydrogens is 504 g/mol. The van der Waals surface area contributed by atoms with Crippen molar-refractivity contribution in [3.05, 3.63) is 47.5 Å². The van der Waals surface area contributed by atoms with Gasteiger partial charge in [0.2, 0.25) is 20.0 Å². The Morgan fingerprint density at radius 1 is 0.944 bits per heavy atom. The Bertz CT molecular complexity index is 1350. The molecule has 196 valence electrons. The summed E-state index contributed by atoms with van der Waals surface area (Å²) in [6.07, 6.45) is 1.97. The van der Waals surface area contributed by atoms with Crippen molar-refractivity contribution in [2.45, 2.75) is 29.6 Å². The van der Waals surface area contributed by atoms with Gasteiger partial charge in [0, 0.05) is 51.6 Å². The quantitative estimate of drug-likeness (QED) is 0.576. The molecule has 2 heterocycles. The smallest absolute Gasteiger partial charge is 0.257 e. The maximum absolute atomic E-state index is 13.5. The molecule has 0 aromatic heterocycles. The van der Waals surface area contributed by atoms with Crippen LogP contribution < -0.4 is 10.2 Å². The number of sulfonamides is 2. The fourth-order valence-corrected chi connectivity index (χ4v) is 6.96. The molecule has 0 atom stereocenters. The number of hydrogen-bond acceptors (Lipinski definition) is 7. The van der Waals surface area contributed by atoms with E-state index >= 15 is 0 Å². The summed E-state index contributed by atoms with van der Waals surface area (Å²) in [7, 11) is -4.62.